The van der Waals surface area contributed by atoms with Gasteiger partial charge in [0.25, 0.3) is 5.91 Å². The third-order valence-corrected chi connectivity index (χ3v) is 8.66. The molecule has 9 heteroatoms. The Balaban J connectivity index is 1.11. The van der Waals surface area contributed by atoms with E-state index in [4.69, 9.17) is 11.6 Å². The number of nitrogens with zero attached hydrogens (tertiary/aromatic N) is 1. The van der Waals surface area contributed by atoms with Crippen molar-refractivity contribution >= 4 is 52.6 Å². The summed E-state index contributed by atoms with van der Waals surface area (Å²) < 4.78 is 0. The smallest absolute Gasteiger partial charge is 0.319 e. The summed E-state index contributed by atoms with van der Waals surface area (Å²) in [6.07, 6.45) is 5.97. The predicted octanol–water partition coefficient (Wildman–Crippen LogP) is 6.16. The molecule has 1 atom stereocenters. The molecule has 4 rings (SSSR count). The zero-order valence-electron chi connectivity index (χ0n) is 21.7. The number of halogens is 1. The van der Waals surface area contributed by atoms with Crippen molar-refractivity contribution < 1.29 is 19.2 Å². The highest BCUT2D eigenvalue weighted by atomic mass is 35.5. The highest BCUT2D eigenvalue weighted by Crippen LogP contribution is 2.35. The number of hydrogen-bond donors (Lipinski definition) is 2. The number of rotatable bonds is 11. The molecular formula is C29H34ClN3O4S. The van der Waals surface area contributed by atoms with E-state index >= 15 is 0 Å². The second-order valence-electron chi connectivity index (χ2n) is 9.91. The molecule has 7 nitrogen and oxygen atoms in total. The van der Waals surface area contributed by atoms with E-state index in [1.807, 2.05) is 37.3 Å². The van der Waals surface area contributed by atoms with Crippen LogP contribution in [0.5, 0.6) is 0 Å². The first kappa shape index (κ1) is 28.2. The normalized spacial score (nSPS) is 17.1. The Morgan fingerprint density at radius 3 is 2.66 bits per heavy atom. The van der Waals surface area contributed by atoms with Gasteiger partial charge < -0.3 is 15.5 Å². The van der Waals surface area contributed by atoms with Crippen molar-refractivity contribution in [1.29, 1.82) is 0 Å². The van der Waals surface area contributed by atoms with Crippen LogP contribution in [0.2, 0.25) is 5.02 Å². The molecule has 0 saturated heterocycles. The standard InChI is InChI=1S/C29H34ClN3O4S/c1-19-10-11-20(16-24(19)30)32-29(37)31-14-5-3-2-4-6-15-38-27-9-7-8-22-23(27)18-33(28(22)36)25-13-12-21(34)17-26(25)35/h7-11,16,25H,2-6,12-15,17-18H2,1H3,(H2,31,32,37). The van der Waals surface area contributed by atoms with Gasteiger partial charge in [-0.2, -0.15) is 0 Å². The topological polar surface area (TPSA) is 95.6 Å². The molecule has 1 fully saturated rings. The minimum absolute atomic E-state index is 0.0303. The van der Waals surface area contributed by atoms with Crippen molar-refractivity contribution in [1.82, 2.24) is 10.2 Å². The van der Waals surface area contributed by atoms with Gasteiger partial charge in [-0.1, -0.05) is 43.0 Å². The highest BCUT2D eigenvalue weighted by molar-refractivity contribution is 7.99. The molecule has 1 heterocycles. The Labute approximate surface area is 233 Å². The fraction of sp³-hybridized carbons (Fsp3) is 0.448. The maximum absolute atomic E-state index is 13.0. The number of benzene rings is 2. The number of ketones is 2. The number of amides is 3. The Kier molecular flexibility index (Phi) is 9.86. The van der Waals surface area contributed by atoms with E-state index in [9.17, 15) is 19.2 Å². The SMILES string of the molecule is Cc1ccc(NC(=O)NCCCCCCCSc2cccc3c2CN(C2CCC(=O)CC2=O)C3=O)cc1Cl. The largest absolute Gasteiger partial charge is 0.338 e. The lowest BCUT2D eigenvalue weighted by atomic mass is 9.92. The van der Waals surface area contributed by atoms with Crippen LogP contribution in [0.25, 0.3) is 0 Å². The van der Waals surface area contributed by atoms with Gasteiger partial charge in [-0.15, -0.1) is 11.8 Å². The van der Waals surface area contributed by atoms with Gasteiger partial charge in [0.15, 0.2) is 5.78 Å². The molecule has 1 aliphatic heterocycles. The third-order valence-electron chi connectivity index (χ3n) is 7.06. The summed E-state index contributed by atoms with van der Waals surface area (Å²) >= 11 is 7.86. The van der Waals surface area contributed by atoms with E-state index in [0.717, 1.165) is 53.9 Å². The van der Waals surface area contributed by atoms with E-state index in [-0.39, 0.29) is 29.9 Å². The molecule has 202 valence electrons. The average Bonchev–Trinajstić information content (AvgIpc) is 3.22. The zero-order chi connectivity index (χ0) is 27.1. The molecule has 38 heavy (non-hydrogen) atoms. The number of anilines is 1. The van der Waals surface area contributed by atoms with Crippen molar-refractivity contribution in [2.45, 2.75) is 75.8 Å². The van der Waals surface area contributed by atoms with Crippen LogP contribution in [-0.2, 0) is 16.1 Å². The molecule has 2 aliphatic rings. The molecule has 1 saturated carbocycles. The van der Waals surface area contributed by atoms with Crippen molar-refractivity contribution in [2.24, 2.45) is 0 Å². The number of thioether (sulfide) groups is 1. The van der Waals surface area contributed by atoms with E-state index < -0.39 is 6.04 Å². The van der Waals surface area contributed by atoms with Crippen LogP contribution >= 0.6 is 23.4 Å². The van der Waals surface area contributed by atoms with E-state index in [1.54, 1.807) is 22.7 Å². The van der Waals surface area contributed by atoms with Gasteiger partial charge >= 0.3 is 6.03 Å². The lowest BCUT2D eigenvalue weighted by Gasteiger charge is -2.29. The van der Waals surface area contributed by atoms with Crippen molar-refractivity contribution in [3.63, 3.8) is 0 Å². The second-order valence-corrected chi connectivity index (χ2v) is 11.5. The molecule has 0 radical (unpaired) electrons. The van der Waals surface area contributed by atoms with Gasteiger partial charge in [-0.05, 0) is 67.3 Å². The van der Waals surface area contributed by atoms with Crippen LogP contribution in [0.4, 0.5) is 10.5 Å². The molecule has 3 amide bonds. The summed E-state index contributed by atoms with van der Waals surface area (Å²) in [7, 11) is 0. The minimum atomic E-state index is -0.480. The van der Waals surface area contributed by atoms with Crippen LogP contribution in [0, 0.1) is 6.92 Å². The number of urea groups is 1. The Hall–Kier alpha value is -2.84. The number of nitrogens with one attached hydrogen (secondary N) is 2. The molecule has 0 bridgehead atoms. The maximum atomic E-state index is 13.0. The van der Waals surface area contributed by atoms with Gasteiger partial charge in [0, 0.05) is 40.7 Å². The van der Waals surface area contributed by atoms with Crippen LogP contribution in [0.3, 0.4) is 0 Å². The summed E-state index contributed by atoms with van der Waals surface area (Å²) in [4.78, 5) is 51.8. The van der Waals surface area contributed by atoms with Gasteiger partial charge in [-0.3, -0.25) is 14.4 Å². The number of unbranched alkanes of at least 4 members (excludes halogenated alkanes) is 4. The first-order chi connectivity index (χ1) is 18.3. The van der Waals surface area contributed by atoms with Crippen LogP contribution in [0.1, 0.15) is 72.9 Å². The van der Waals surface area contributed by atoms with Crippen molar-refractivity contribution in [3.05, 3.63) is 58.1 Å². The molecule has 1 aliphatic carbocycles. The average molecular weight is 556 g/mol. The number of carbonyl (C=O) groups is 4. The summed E-state index contributed by atoms with van der Waals surface area (Å²) in [5.74, 6) is 0.697. The van der Waals surface area contributed by atoms with Crippen LogP contribution < -0.4 is 10.6 Å². The molecule has 2 N–H and O–H groups in total. The van der Waals surface area contributed by atoms with Crippen LogP contribution in [-0.4, -0.2) is 46.7 Å². The number of Topliss-reactive ketones (excluding diaryl/α,β-unsaturated/α-hetero) is 2. The van der Waals surface area contributed by atoms with Gasteiger partial charge in [-0.25, -0.2) is 4.79 Å². The molecule has 0 spiro atoms. The fourth-order valence-corrected chi connectivity index (χ4v) is 6.16. The van der Waals surface area contributed by atoms with Gasteiger partial charge in [0.1, 0.15) is 5.78 Å². The number of hydrogen-bond acceptors (Lipinski definition) is 5. The molecule has 2 aromatic rings. The van der Waals surface area contributed by atoms with Gasteiger partial charge in [0.2, 0.25) is 0 Å². The predicted molar refractivity (Wildman–Crippen MR) is 151 cm³/mol. The second kappa shape index (κ2) is 13.3. The molecule has 1 unspecified atom stereocenters. The van der Waals surface area contributed by atoms with E-state index in [1.165, 1.54) is 0 Å². The number of fused-ring (bicyclic) bond motifs is 1. The van der Waals surface area contributed by atoms with E-state index in [0.29, 0.717) is 42.2 Å². The van der Waals surface area contributed by atoms with Crippen molar-refractivity contribution in [2.75, 3.05) is 17.6 Å². The van der Waals surface area contributed by atoms with Crippen LogP contribution in [0.15, 0.2) is 41.3 Å². The summed E-state index contributed by atoms with van der Waals surface area (Å²) in [6.45, 7) is 2.99. The number of aryl methyl sites for hydroxylation is 1. The Bertz CT molecular complexity index is 1220. The molecular weight excluding hydrogens is 522 g/mol. The minimum Gasteiger partial charge on any atom is -0.338 e. The lowest BCUT2D eigenvalue weighted by Crippen LogP contribution is -2.44. The Morgan fingerprint density at radius 1 is 1.08 bits per heavy atom. The first-order valence-electron chi connectivity index (χ1n) is 13.2. The maximum Gasteiger partial charge on any atom is 0.319 e. The van der Waals surface area contributed by atoms with Gasteiger partial charge in [0.05, 0.1) is 12.5 Å². The molecule has 0 aromatic heterocycles. The molecule has 2 aromatic carbocycles. The third kappa shape index (κ3) is 7.17. The summed E-state index contributed by atoms with van der Waals surface area (Å²) in [6, 6.07) is 10.5. The highest BCUT2D eigenvalue weighted by Gasteiger charge is 2.39. The summed E-state index contributed by atoms with van der Waals surface area (Å²) in [5, 5.41) is 6.31. The fourth-order valence-electron chi connectivity index (χ4n) is 4.89. The van der Waals surface area contributed by atoms with Crippen molar-refractivity contribution in [3.8, 4) is 0 Å². The number of carbonyl (C=O) groups excluding carboxylic acids is 4. The first-order valence-corrected chi connectivity index (χ1v) is 14.6. The quantitative estimate of drug-likeness (QED) is 0.197. The lowest BCUT2D eigenvalue weighted by molar-refractivity contribution is -0.133. The zero-order valence-corrected chi connectivity index (χ0v) is 23.3. The van der Waals surface area contributed by atoms with E-state index in [2.05, 4.69) is 10.6 Å². The Morgan fingerprint density at radius 2 is 1.87 bits per heavy atom. The summed E-state index contributed by atoms with van der Waals surface area (Å²) in [5.41, 5.74) is 3.33. The monoisotopic (exact) mass is 555 g/mol.